The van der Waals surface area contributed by atoms with Gasteiger partial charge in [0.05, 0.1) is 6.04 Å². The van der Waals surface area contributed by atoms with Crippen LogP contribution in [0.4, 0.5) is 0 Å². The molecule has 0 aromatic rings. The van der Waals surface area contributed by atoms with E-state index < -0.39 is 0 Å². The highest BCUT2D eigenvalue weighted by Gasteiger charge is 2.20. The smallest absolute Gasteiger partial charge is 0.248 e. The average molecular weight is 124 g/mol. The summed E-state index contributed by atoms with van der Waals surface area (Å²) < 4.78 is 0. The molecule has 0 aliphatic carbocycles. The van der Waals surface area contributed by atoms with E-state index in [1.165, 1.54) is 0 Å². The standard InChI is InChI=1S/C6H8N2O/c7-4-6(9)5-2-1-3-8-5/h5,8H,1-3H2. The Balaban J connectivity index is 2.44. The topological polar surface area (TPSA) is 52.9 Å². The van der Waals surface area contributed by atoms with Crippen molar-refractivity contribution < 1.29 is 4.79 Å². The van der Waals surface area contributed by atoms with Crippen molar-refractivity contribution in [2.24, 2.45) is 0 Å². The van der Waals surface area contributed by atoms with E-state index in [1.807, 2.05) is 0 Å². The predicted molar refractivity (Wildman–Crippen MR) is 31.6 cm³/mol. The molecule has 0 saturated carbocycles. The van der Waals surface area contributed by atoms with Crippen molar-refractivity contribution in [3.8, 4) is 6.07 Å². The minimum Gasteiger partial charge on any atom is -0.307 e. The fourth-order valence-corrected chi connectivity index (χ4v) is 0.986. The summed E-state index contributed by atoms with van der Waals surface area (Å²) in [5.41, 5.74) is 0. The molecule has 1 heterocycles. The van der Waals surface area contributed by atoms with Crippen LogP contribution >= 0.6 is 0 Å². The highest BCUT2D eigenvalue weighted by Crippen LogP contribution is 2.04. The van der Waals surface area contributed by atoms with E-state index in [-0.39, 0.29) is 11.8 Å². The van der Waals surface area contributed by atoms with Crippen LogP contribution < -0.4 is 5.32 Å². The molecule has 0 spiro atoms. The molecule has 0 aromatic carbocycles. The fraction of sp³-hybridized carbons (Fsp3) is 0.667. The maximum atomic E-state index is 10.6. The van der Waals surface area contributed by atoms with E-state index in [4.69, 9.17) is 5.26 Å². The number of hydrogen-bond donors (Lipinski definition) is 1. The molecule has 48 valence electrons. The largest absolute Gasteiger partial charge is 0.307 e. The van der Waals surface area contributed by atoms with Crippen LogP contribution in [0.15, 0.2) is 0 Å². The lowest BCUT2D eigenvalue weighted by Crippen LogP contribution is -2.29. The van der Waals surface area contributed by atoms with Crippen LogP contribution in [0.1, 0.15) is 12.8 Å². The van der Waals surface area contributed by atoms with Gasteiger partial charge in [-0.05, 0) is 19.4 Å². The van der Waals surface area contributed by atoms with Gasteiger partial charge in [0.25, 0.3) is 0 Å². The van der Waals surface area contributed by atoms with Crippen LogP contribution in [0.2, 0.25) is 0 Å². The third-order valence-electron chi connectivity index (χ3n) is 1.49. The summed E-state index contributed by atoms with van der Waals surface area (Å²) >= 11 is 0. The van der Waals surface area contributed by atoms with Gasteiger partial charge in [0.1, 0.15) is 6.07 Å². The highest BCUT2D eigenvalue weighted by atomic mass is 16.1. The van der Waals surface area contributed by atoms with Crippen molar-refractivity contribution in [2.45, 2.75) is 18.9 Å². The Morgan fingerprint density at radius 1 is 1.78 bits per heavy atom. The third kappa shape index (κ3) is 1.27. The van der Waals surface area contributed by atoms with Crippen LogP contribution in [-0.2, 0) is 4.79 Å². The van der Waals surface area contributed by atoms with Gasteiger partial charge in [-0.25, -0.2) is 0 Å². The summed E-state index contributed by atoms with van der Waals surface area (Å²) in [6, 6.07) is 1.43. The van der Waals surface area contributed by atoms with Gasteiger partial charge >= 0.3 is 0 Å². The summed E-state index contributed by atoms with van der Waals surface area (Å²) in [7, 11) is 0. The number of Topliss-reactive ketones (excluding diaryl/α,β-unsaturated/α-hetero) is 1. The van der Waals surface area contributed by atoms with E-state index in [0.717, 1.165) is 19.4 Å². The van der Waals surface area contributed by atoms with Crippen molar-refractivity contribution in [1.29, 1.82) is 5.26 Å². The number of carbonyl (C=O) groups excluding carboxylic acids is 1. The monoisotopic (exact) mass is 124 g/mol. The van der Waals surface area contributed by atoms with Crippen LogP contribution in [0, 0.1) is 11.3 Å². The summed E-state index contributed by atoms with van der Waals surface area (Å²) in [4.78, 5) is 10.6. The number of carbonyl (C=O) groups is 1. The first-order valence-electron chi connectivity index (χ1n) is 3.02. The van der Waals surface area contributed by atoms with Gasteiger partial charge in [0.15, 0.2) is 0 Å². The molecule has 1 N–H and O–H groups in total. The van der Waals surface area contributed by atoms with Gasteiger partial charge in [-0.15, -0.1) is 0 Å². The zero-order valence-electron chi connectivity index (χ0n) is 5.05. The Bertz CT molecular complexity index is 153. The van der Waals surface area contributed by atoms with Gasteiger partial charge in [-0.2, -0.15) is 5.26 Å². The zero-order chi connectivity index (χ0) is 6.69. The van der Waals surface area contributed by atoms with Gasteiger partial charge in [0, 0.05) is 0 Å². The van der Waals surface area contributed by atoms with Crippen molar-refractivity contribution in [1.82, 2.24) is 5.32 Å². The molecule has 1 aliphatic heterocycles. The number of hydrogen-bond acceptors (Lipinski definition) is 3. The Labute approximate surface area is 53.7 Å². The van der Waals surface area contributed by atoms with Gasteiger partial charge in [-0.1, -0.05) is 0 Å². The maximum absolute atomic E-state index is 10.6. The second kappa shape index (κ2) is 2.60. The fourth-order valence-electron chi connectivity index (χ4n) is 0.986. The third-order valence-corrected chi connectivity index (χ3v) is 1.49. The second-order valence-corrected chi connectivity index (χ2v) is 2.12. The molecule has 0 bridgehead atoms. The molecule has 1 saturated heterocycles. The van der Waals surface area contributed by atoms with E-state index in [9.17, 15) is 4.79 Å². The number of nitrogens with zero attached hydrogens (tertiary/aromatic N) is 1. The number of ketones is 1. The maximum Gasteiger partial charge on any atom is 0.248 e. The van der Waals surface area contributed by atoms with Gasteiger partial charge in [-0.3, -0.25) is 4.79 Å². The Morgan fingerprint density at radius 2 is 2.56 bits per heavy atom. The number of nitriles is 1. The summed E-state index contributed by atoms with van der Waals surface area (Å²) in [6.07, 6.45) is 1.84. The molecular weight excluding hydrogens is 116 g/mol. The molecule has 1 unspecified atom stereocenters. The first kappa shape index (κ1) is 6.24. The molecule has 0 aromatic heterocycles. The van der Waals surface area contributed by atoms with Crippen LogP contribution in [0.3, 0.4) is 0 Å². The average Bonchev–Trinajstić information content (AvgIpc) is 2.37. The Kier molecular flexibility index (Phi) is 1.81. The Morgan fingerprint density at radius 3 is 3.00 bits per heavy atom. The molecule has 1 fully saturated rings. The molecule has 3 nitrogen and oxygen atoms in total. The first-order chi connectivity index (χ1) is 4.34. The lowest BCUT2D eigenvalue weighted by molar-refractivity contribution is -0.115. The van der Waals surface area contributed by atoms with Crippen LogP contribution in [0.5, 0.6) is 0 Å². The van der Waals surface area contributed by atoms with E-state index in [0.29, 0.717) is 0 Å². The van der Waals surface area contributed by atoms with Gasteiger partial charge in [0.2, 0.25) is 5.78 Å². The summed E-state index contributed by atoms with van der Waals surface area (Å²) in [5.74, 6) is -0.326. The molecule has 3 heteroatoms. The van der Waals surface area contributed by atoms with Crippen LogP contribution in [0.25, 0.3) is 0 Å². The minimum atomic E-state index is -0.326. The van der Waals surface area contributed by atoms with Crippen molar-refractivity contribution in [3.05, 3.63) is 0 Å². The molecule has 1 aliphatic rings. The normalized spacial score (nSPS) is 25.4. The summed E-state index contributed by atoms with van der Waals surface area (Å²) in [5, 5.41) is 11.1. The lowest BCUT2D eigenvalue weighted by Gasteiger charge is -1.99. The lowest BCUT2D eigenvalue weighted by atomic mass is 10.1. The Hall–Kier alpha value is -0.880. The molecular formula is C6H8N2O. The molecule has 1 atom stereocenters. The molecule has 1 rings (SSSR count). The molecule has 0 amide bonds. The highest BCUT2D eigenvalue weighted by molar-refractivity contribution is 5.97. The second-order valence-electron chi connectivity index (χ2n) is 2.12. The number of rotatable bonds is 1. The molecule has 9 heavy (non-hydrogen) atoms. The first-order valence-corrected chi connectivity index (χ1v) is 3.02. The van der Waals surface area contributed by atoms with Crippen molar-refractivity contribution in [3.63, 3.8) is 0 Å². The van der Waals surface area contributed by atoms with E-state index in [2.05, 4.69) is 5.32 Å². The zero-order valence-corrected chi connectivity index (χ0v) is 5.05. The van der Waals surface area contributed by atoms with Gasteiger partial charge < -0.3 is 5.32 Å². The van der Waals surface area contributed by atoms with E-state index in [1.54, 1.807) is 6.07 Å². The van der Waals surface area contributed by atoms with E-state index >= 15 is 0 Å². The van der Waals surface area contributed by atoms with Crippen molar-refractivity contribution in [2.75, 3.05) is 6.54 Å². The molecule has 0 radical (unpaired) electrons. The SMILES string of the molecule is N#CC(=O)C1CCCN1. The summed E-state index contributed by atoms with van der Waals surface area (Å²) in [6.45, 7) is 0.873. The van der Waals surface area contributed by atoms with Crippen LogP contribution in [-0.4, -0.2) is 18.4 Å². The predicted octanol–water partition coefficient (Wildman–Crippen LogP) is -0.169. The quantitative estimate of drug-likeness (QED) is 0.494. The number of nitrogens with one attached hydrogen (secondary N) is 1. The minimum absolute atomic E-state index is 0.171. The van der Waals surface area contributed by atoms with Crippen molar-refractivity contribution >= 4 is 5.78 Å².